The summed E-state index contributed by atoms with van der Waals surface area (Å²) < 4.78 is 16.6. The molecule has 0 fully saturated rings. The zero-order valence-corrected chi connectivity index (χ0v) is 21.4. The van der Waals surface area contributed by atoms with Gasteiger partial charge in [-0.2, -0.15) is 5.10 Å². The average molecular weight is 563 g/mol. The minimum Gasteiger partial charge on any atom is -0.493 e. The Morgan fingerprint density at radius 1 is 0.882 bits per heavy atom. The summed E-state index contributed by atoms with van der Waals surface area (Å²) in [6.07, 6.45) is 1.40. The molecule has 0 aromatic heterocycles. The lowest BCUT2D eigenvalue weighted by atomic mass is 10.2. The molecule has 3 aromatic carbocycles. The summed E-state index contributed by atoms with van der Waals surface area (Å²) in [6, 6.07) is 13.1. The lowest BCUT2D eigenvalue weighted by Crippen LogP contribution is -2.24. The van der Waals surface area contributed by atoms with Crippen LogP contribution in [0.5, 0.6) is 17.2 Å². The third-order valence-corrected chi connectivity index (χ3v) is 5.69. The third-order valence-electron chi connectivity index (χ3n) is 4.29. The average Bonchev–Trinajstić information content (AvgIpc) is 2.78. The van der Waals surface area contributed by atoms with Crippen molar-refractivity contribution in [2.24, 2.45) is 5.10 Å². The molecule has 0 radical (unpaired) electrons. The van der Waals surface area contributed by atoms with Gasteiger partial charge in [-0.05, 0) is 48.0 Å². The van der Waals surface area contributed by atoms with Crippen molar-refractivity contribution in [2.75, 3.05) is 13.7 Å². The second-order valence-electron chi connectivity index (χ2n) is 6.72. The quantitative estimate of drug-likeness (QED) is 0.224. The van der Waals surface area contributed by atoms with E-state index in [2.05, 4.69) is 10.5 Å². The van der Waals surface area contributed by atoms with E-state index in [0.717, 1.165) is 5.56 Å². The van der Waals surface area contributed by atoms with Gasteiger partial charge in [0, 0.05) is 20.6 Å². The van der Waals surface area contributed by atoms with Gasteiger partial charge in [-0.1, -0.05) is 64.1 Å². The number of ether oxygens (including phenoxy) is 3. The lowest BCUT2D eigenvalue weighted by Gasteiger charge is -2.14. The Kier molecular flexibility index (Phi) is 9.56. The number of carbonyl (C=O) groups excluding carboxylic acids is 1. The highest BCUT2D eigenvalue weighted by Gasteiger charge is 2.13. The first-order valence-electron chi connectivity index (χ1n) is 9.61. The SMILES string of the molecule is COc1cc(/C=N\NC(=O)COc2ccc(Cl)cc2Cl)cc(Cl)c1OCc1ccc(Cl)cc1Cl. The molecular weight excluding hydrogens is 546 g/mol. The first-order chi connectivity index (χ1) is 16.3. The van der Waals surface area contributed by atoms with Crippen molar-refractivity contribution in [3.63, 3.8) is 0 Å². The van der Waals surface area contributed by atoms with Gasteiger partial charge in [0.1, 0.15) is 12.4 Å². The second kappa shape index (κ2) is 12.4. The molecule has 0 saturated heterocycles. The van der Waals surface area contributed by atoms with E-state index in [0.29, 0.717) is 42.9 Å². The van der Waals surface area contributed by atoms with Crippen LogP contribution in [-0.2, 0) is 11.4 Å². The van der Waals surface area contributed by atoms with E-state index in [-0.39, 0.29) is 18.2 Å². The van der Waals surface area contributed by atoms with E-state index in [9.17, 15) is 4.79 Å². The largest absolute Gasteiger partial charge is 0.493 e. The lowest BCUT2D eigenvalue weighted by molar-refractivity contribution is -0.123. The van der Waals surface area contributed by atoms with Crippen LogP contribution in [-0.4, -0.2) is 25.8 Å². The highest BCUT2D eigenvalue weighted by Crippen LogP contribution is 2.37. The van der Waals surface area contributed by atoms with Gasteiger partial charge in [0.05, 0.1) is 23.4 Å². The van der Waals surface area contributed by atoms with E-state index >= 15 is 0 Å². The number of amides is 1. The number of nitrogens with one attached hydrogen (secondary N) is 1. The summed E-state index contributed by atoms with van der Waals surface area (Å²) in [4.78, 5) is 12.0. The summed E-state index contributed by atoms with van der Waals surface area (Å²) in [7, 11) is 1.48. The number of benzene rings is 3. The first-order valence-corrected chi connectivity index (χ1v) is 11.5. The minimum absolute atomic E-state index is 0.160. The van der Waals surface area contributed by atoms with E-state index < -0.39 is 5.91 Å². The molecule has 0 aliphatic carbocycles. The van der Waals surface area contributed by atoms with E-state index in [1.807, 2.05) is 0 Å². The number of methoxy groups -OCH3 is 1. The smallest absolute Gasteiger partial charge is 0.277 e. The maximum Gasteiger partial charge on any atom is 0.277 e. The molecule has 34 heavy (non-hydrogen) atoms. The van der Waals surface area contributed by atoms with E-state index in [4.69, 9.17) is 72.2 Å². The fourth-order valence-electron chi connectivity index (χ4n) is 2.69. The molecule has 0 aliphatic rings. The molecule has 0 saturated carbocycles. The maximum atomic E-state index is 12.0. The number of nitrogens with zero attached hydrogens (tertiary/aromatic N) is 1. The van der Waals surface area contributed by atoms with Crippen LogP contribution in [0.4, 0.5) is 0 Å². The van der Waals surface area contributed by atoms with Gasteiger partial charge in [0.25, 0.3) is 5.91 Å². The molecule has 1 N–H and O–H groups in total. The van der Waals surface area contributed by atoms with Crippen LogP contribution in [0.2, 0.25) is 25.1 Å². The maximum absolute atomic E-state index is 12.0. The van der Waals surface area contributed by atoms with Gasteiger partial charge in [0.2, 0.25) is 0 Å². The molecule has 3 aromatic rings. The van der Waals surface area contributed by atoms with E-state index in [1.54, 1.807) is 42.5 Å². The number of hydrogen-bond donors (Lipinski definition) is 1. The highest BCUT2D eigenvalue weighted by molar-refractivity contribution is 6.36. The molecule has 178 valence electrons. The number of hydrogen-bond acceptors (Lipinski definition) is 5. The fraction of sp³-hybridized carbons (Fsp3) is 0.130. The predicted molar refractivity (Wildman–Crippen MR) is 136 cm³/mol. The van der Waals surface area contributed by atoms with Crippen LogP contribution in [0.1, 0.15) is 11.1 Å². The molecule has 1 amide bonds. The summed E-state index contributed by atoms with van der Waals surface area (Å²) in [6.45, 7) is -0.129. The second-order valence-corrected chi connectivity index (χ2v) is 8.81. The Labute approximate surface area is 221 Å². The van der Waals surface area contributed by atoms with Crippen molar-refractivity contribution in [1.29, 1.82) is 0 Å². The topological polar surface area (TPSA) is 69.2 Å². The Bertz CT molecular complexity index is 1220. The van der Waals surface area contributed by atoms with Crippen molar-refractivity contribution >= 4 is 70.1 Å². The molecule has 11 heteroatoms. The Morgan fingerprint density at radius 2 is 1.59 bits per heavy atom. The van der Waals surface area contributed by atoms with Crippen molar-refractivity contribution in [3.05, 3.63) is 84.8 Å². The summed E-state index contributed by atoms with van der Waals surface area (Å²) in [5, 5.41) is 5.96. The van der Waals surface area contributed by atoms with Gasteiger partial charge in [-0.3, -0.25) is 4.79 Å². The number of carbonyl (C=O) groups is 1. The van der Waals surface area contributed by atoms with Crippen LogP contribution >= 0.6 is 58.0 Å². The zero-order valence-electron chi connectivity index (χ0n) is 17.6. The molecule has 0 atom stereocenters. The molecule has 0 spiro atoms. The van der Waals surface area contributed by atoms with Crippen LogP contribution in [0.25, 0.3) is 0 Å². The molecule has 0 aliphatic heterocycles. The standard InChI is InChI=1S/C23H17Cl5N2O4/c1-32-21-7-13(6-19(28)23(21)34-11-14-2-3-15(24)8-17(14)26)10-29-30-22(31)12-33-20-5-4-16(25)9-18(20)27/h2-10H,11-12H2,1H3,(H,30,31)/b29-10-. The predicted octanol–water partition coefficient (Wildman–Crippen LogP) is 7.07. The van der Waals surface area contributed by atoms with Gasteiger partial charge in [-0.25, -0.2) is 5.43 Å². The summed E-state index contributed by atoms with van der Waals surface area (Å²) in [5.74, 6) is 0.563. The van der Waals surface area contributed by atoms with Gasteiger partial charge < -0.3 is 14.2 Å². The Hall–Kier alpha value is -2.35. The third kappa shape index (κ3) is 7.32. The number of hydrazone groups is 1. The molecular formula is C23H17Cl5N2O4. The monoisotopic (exact) mass is 560 g/mol. The van der Waals surface area contributed by atoms with Crippen molar-refractivity contribution in [3.8, 4) is 17.2 Å². The van der Waals surface area contributed by atoms with Gasteiger partial charge >= 0.3 is 0 Å². The van der Waals surface area contributed by atoms with Crippen LogP contribution in [0.15, 0.2) is 53.6 Å². The Balaban J connectivity index is 1.60. The normalized spacial score (nSPS) is 10.9. The zero-order chi connectivity index (χ0) is 24.7. The molecule has 0 heterocycles. The van der Waals surface area contributed by atoms with Gasteiger partial charge in [0.15, 0.2) is 18.1 Å². The van der Waals surface area contributed by atoms with Crippen molar-refractivity contribution in [1.82, 2.24) is 5.43 Å². The summed E-state index contributed by atoms with van der Waals surface area (Å²) in [5.41, 5.74) is 3.66. The molecule has 3 rings (SSSR count). The molecule has 0 bridgehead atoms. The van der Waals surface area contributed by atoms with Crippen molar-refractivity contribution in [2.45, 2.75) is 6.61 Å². The van der Waals surface area contributed by atoms with Crippen LogP contribution in [0, 0.1) is 0 Å². The fourth-order valence-corrected chi connectivity index (χ4v) is 3.89. The minimum atomic E-state index is -0.486. The highest BCUT2D eigenvalue weighted by atomic mass is 35.5. The Morgan fingerprint density at radius 3 is 2.26 bits per heavy atom. The van der Waals surface area contributed by atoms with Crippen LogP contribution < -0.4 is 19.6 Å². The number of rotatable bonds is 9. The number of halogens is 5. The van der Waals surface area contributed by atoms with Crippen molar-refractivity contribution < 1.29 is 19.0 Å². The molecule has 6 nitrogen and oxygen atoms in total. The van der Waals surface area contributed by atoms with Gasteiger partial charge in [-0.15, -0.1) is 0 Å². The summed E-state index contributed by atoms with van der Waals surface area (Å²) >= 11 is 30.3. The van der Waals surface area contributed by atoms with E-state index in [1.165, 1.54) is 19.4 Å². The van der Waals surface area contributed by atoms with Crippen LogP contribution in [0.3, 0.4) is 0 Å². The molecule has 0 unspecified atom stereocenters. The first kappa shape index (κ1) is 26.3.